The molecule has 1 aromatic heterocycles. The largest absolute Gasteiger partial charge is 0.489 e. The average molecular weight is 584 g/mol. The number of para-hydroxylation sites is 1. The van der Waals surface area contributed by atoms with Crippen LogP contribution >= 0.6 is 12.4 Å². The van der Waals surface area contributed by atoms with Crippen LogP contribution < -0.4 is 9.47 Å². The van der Waals surface area contributed by atoms with Crippen molar-refractivity contribution in [3.63, 3.8) is 0 Å². The minimum atomic E-state index is -0.313. The van der Waals surface area contributed by atoms with Crippen molar-refractivity contribution >= 4 is 46.0 Å². The van der Waals surface area contributed by atoms with Crippen molar-refractivity contribution in [2.75, 3.05) is 27.7 Å². The SMILES string of the molecule is CC(CN(C)C)Oc1cc(OCc2ccccc2)ccc1-c1cc2c(c3c1C(=O)N(C)C3=O)c1ccccc1n2C.Cl. The third-order valence-corrected chi connectivity index (χ3v) is 7.68. The molecule has 0 fully saturated rings. The number of imide groups is 1. The van der Waals surface area contributed by atoms with Gasteiger partial charge in [-0.15, -0.1) is 12.4 Å². The summed E-state index contributed by atoms with van der Waals surface area (Å²) in [5.74, 6) is 0.650. The number of benzene rings is 4. The molecular formula is C34H34ClN3O4. The summed E-state index contributed by atoms with van der Waals surface area (Å²) in [6, 6.07) is 25.7. The van der Waals surface area contributed by atoms with Crippen LogP contribution in [0.1, 0.15) is 33.2 Å². The summed E-state index contributed by atoms with van der Waals surface area (Å²) < 4.78 is 14.7. The fourth-order valence-corrected chi connectivity index (χ4v) is 5.81. The number of ether oxygens (including phenoxy) is 2. The average Bonchev–Trinajstić information content (AvgIpc) is 3.37. The van der Waals surface area contributed by atoms with E-state index in [9.17, 15) is 9.59 Å². The zero-order valence-corrected chi connectivity index (χ0v) is 25.2. The van der Waals surface area contributed by atoms with Gasteiger partial charge in [0, 0.05) is 54.1 Å². The number of amides is 2. The Balaban J connectivity index is 0.00000353. The van der Waals surface area contributed by atoms with E-state index in [0.717, 1.165) is 32.9 Å². The number of nitrogens with zero attached hydrogens (tertiary/aromatic N) is 3. The topological polar surface area (TPSA) is 64.0 Å². The van der Waals surface area contributed by atoms with E-state index in [1.54, 1.807) is 7.05 Å². The molecule has 7 nitrogen and oxygen atoms in total. The number of fused-ring (bicyclic) bond motifs is 5. The zero-order valence-electron chi connectivity index (χ0n) is 24.4. The smallest absolute Gasteiger partial charge is 0.262 e. The lowest BCUT2D eigenvalue weighted by Gasteiger charge is -2.22. The Hall–Kier alpha value is -4.33. The van der Waals surface area contributed by atoms with Crippen LogP contribution in [-0.2, 0) is 13.7 Å². The van der Waals surface area contributed by atoms with Gasteiger partial charge in [0.25, 0.3) is 11.8 Å². The predicted molar refractivity (Wildman–Crippen MR) is 169 cm³/mol. The summed E-state index contributed by atoms with van der Waals surface area (Å²) in [6.07, 6.45) is -0.137. The third kappa shape index (κ3) is 4.99. The van der Waals surface area contributed by atoms with Gasteiger partial charge in [0.1, 0.15) is 24.2 Å². The number of likely N-dealkylation sites (N-methyl/N-ethyl adjacent to an activating group) is 1. The fourth-order valence-electron chi connectivity index (χ4n) is 5.81. The van der Waals surface area contributed by atoms with Gasteiger partial charge in [0.2, 0.25) is 0 Å². The summed E-state index contributed by atoms with van der Waals surface area (Å²) in [5, 5.41) is 1.75. The van der Waals surface area contributed by atoms with E-state index in [4.69, 9.17) is 9.47 Å². The number of aryl methyl sites for hydroxylation is 1. The summed E-state index contributed by atoms with van der Waals surface area (Å²) in [4.78, 5) is 30.4. The number of carbonyl (C=O) groups is 2. The van der Waals surface area contributed by atoms with E-state index in [-0.39, 0.29) is 30.3 Å². The first kappa shape index (κ1) is 29.2. The van der Waals surface area contributed by atoms with Crippen molar-refractivity contribution in [3.8, 4) is 22.6 Å². The molecule has 0 aliphatic carbocycles. The van der Waals surface area contributed by atoms with E-state index in [0.29, 0.717) is 41.3 Å². The van der Waals surface area contributed by atoms with Crippen LogP contribution in [0.2, 0.25) is 0 Å². The monoisotopic (exact) mass is 583 g/mol. The Kier molecular flexibility index (Phi) is 7.99. The molecular weight excluding hydrogens is 550 g/mol. The number of hydrogen-bond acceptors (Lipinski definition) is 5. The lowest BCUT2D eigenvalue weighted by molar-refractivity contribution is 0.0694. The molecule has 2 amide bonds. The van der Waals surface area contributed by atoms with Gasteiger partial charge in [0.05, 0.1) is 16.6 Å². The maximum absolute atomic E-state index is 13.6. The molecule has 0 spiro atoms. The highest BCUT2D eigenvalue weighted by Crippen LogP contribution is 2.44. The number of aromatic nitrogens is 1. The van der Waals surface area contributed by atoms with Gasteiger partial charge in [-0.1, -0.05) is 48.5 Å². The van der Waals surface area contributed by atoms with Gasteiger partial charge in [-0.3, -0.25) is 14.5 Å². The van der Waals surface area contributed by atoms with E-state index < -0.39 is 0 Å². The first-order valence-electron chi connectivity index (χ1n) is 13.7. The van der Waals surface area contributed by atoms with E-state index in [2.05, 4.69) is 9.47 Å². The molecule has 0 saturated heterocycles. The third-order valence-electron chi connectivity index (χ3n) is 7.68. The zero-order chi connectivity index (χ0) is 28.8. The van der Waals surface area contributed by atoms with Crippen molar-refractivity contribution in [1.82, 2.24) is 14.4 Å². The molecule has 1 atom stereocenters. The molecule has 0 N–H and O–H groups in total. The van der Waals surface area contributed by atoms with Crippen LogP contribution in [0, 0.1) is 0 Å². The van der Waals surface area contributed by atoms with Crippen molar-refractivity contribution < 1.29 is 19.1 Å². The van der Waals surface area contributed by atoms with Crippen molar-refractivity contribution in [2.45, 2.75) is 19.6 Å². The summed E-state index contributed by atoms with van der Waals surface area (Å²) >= 11 is 0. The minimum Gasteiger partial charge on any atom is -0.489 e. The molecule has 42 heavy (non-hydrogen) atoms. The molecule has 4 aromatic carbocycles. The van der Waals surface area contributed by atoms with Crippen LogP contribution in [0.4, 0.5) is 0 Å². The normalized spacial score (nSPS) is 13.5. The van der Waals surface area contributed by atoms with Crippen LogP contribution in [0.25, 0.3) is 32.9 Å². The van der Waals surface area contributed by atoms with Gasteiger partial charge in [-0.25, -0.2) is 0 Å². The van der Waals surface area contributed by atoms with Crippen molar-refractivity contribution in [2.24, 2.45) is 7.05 Å². The standard InChI is InChI=1S/C34H33N3O4.ClH/c1-21(19-35(2)3)41-29-17-23(40-20-22-11-7-6-8-12-22)15-16-24(29)26-18-28-30(25-13-9-10-14-27(25)36(28)4)32-31(26)33(38)37(5)34(32)39;/h6-18,21H,19-20H2,1-5H3;1H. The molecule has 1 aliphatic rings. The molecule has 0 radical (unpaired) electrons. The number of hydrogen-bond donors (Lipinski definition) is 0. The van der Waals surface area contributed by atoms with Gasteiger partial charge in [0.15, 0.2) is 0 Å². The molecule has 1 aliphatic heterocycles. The molecule has 0 bridgehead atoms. The molecule has 216 valence electrons. The van der Waals surface area contributed by atoms with Crippen molar-refractivity contribution in [1.29, 1.82) is 0 Å². The second-order valence-corrected chi connectivity index (χ2v) is 10.9. The highest BCUT2D eigenvalue weighted by Gasteiger charge is 2.39. The summed E-state index contributed by atoms with van der Waals surface area (Å²) in [5.41, 5.74) is 5.20. The Labute approximate surface area is 251 Å². The predicted octanol–water partition coefficient (Wildman–Crippen LogP) is 6.55. The van der Waals surface area contributed by atoms with Gasteiger partial charge in [-0.05, 0) is 50.8 Å². The lowest BCUT2D eigenvalue weighted by atomic mass is 9.92. The van der Waals surface area contributed by atoms with Gasteiger partial charge < -0.3 is 18.9 Å². The number of rotatable bonds is 8. The minimum absolute atomic E-state index is 0. The molecule has 0 saturated carbocycles. The second-order valence-electron chi connectivity index (χ2n) is 10.9. The molecule has 6 rings (SSSR count). The highest BCUT2D eigenvalue weighted by molar-refractivity contribution is 6.32. The second kappa shape index (κ2) is 11.5. The molecule has 5 aromatic rings. The molecule has 8 heteroatoms. The van der Waals surface area contributed by atoms with Crippen LogP contribution in [0.15, 0.2) is 78.9 Å². The van der Waals surface area contributed by atoms with Crippen LogP contribution in [0.3, 0.4) is 0 Å². The van der Waals surface area contributed by atoms with Crippen LogP contribution in [-0.4, -0.2) is 60.0 Å². The Bertz CT molecular complexity index is 1810. The summed E-state index contributed by atoms with van der Waals surface area (Å²) in [7, 11) is 7.54. The van der Waals surface area contributed by atoms with Gasteiger partial charge in [-0.2, -0.15) is 0 Å². The molecule has 2 heterocycles. The fraction of sp³-hybridized carbons (Fsp3) is 0.235. The Morgan fingerprint density at radius 2 is 1.50 bits per heavy atom. The highest BCUT2D eigenvalue weighted by atomic mass is 35.5. The first-order valence-corrected chi connectivity index (χ1v) is 13.7. The first-order chi connectivity index (χ1) is 19.7. The maximum Gasteiger partial charge on any atom is 0.262 e. The lowest BCUT2D eigenvalue weighted by Crippen LogP contribution is -2.28. The summed E-state index contributed by atoms with van der Waals surface area (Å²) in [6.45, 7) is 3.14. The number of halogens is 1. The van der Waals surface area contributed by atoms with E-state index >= 15 is 0 Å². The van der Waals surface area contributed by atoms with E-state index in [1.165, 1.54) is 4.90 Å². The van der Waals surface area contributed by atoms with Gasteiger partial charge >= 0.3 is 0 Å². The molecule has 1 unspecified atom stereocenters. The Morgan fingerprint density at radius 3 is 2.24 bits per heavy atom. The van der Waals surface area contributed by atoms with E-state index in [1.807, 2.05) is 107 Å². The Morgan fingerprint density at radius 1 is 0.810 bits per heavy atom. The quantitative estimate of drug-likeness (QED) is 0.194. The maximum atomic E-state index is 13.6. The van der Waals surface area contributed by atoms with Crippen LogP contribution in [0.5, 0.6) is 11.5 Å². The van der Waals surface area contributed by atoms with Crippen molar-refractivity contribution in [3.05, 3.63) is 95.6 Å². The number of carbonyl (C=O) groups excluding carboxylic acids is 2.